The van der Waals surface area contributed by atoms with E-state index >= 15 is 0 Å². The number of para-hydroxylation sites is 2. The fourth-order valence-corrected chi connectivity index (χ4v) is 5.53. The van der Waals surface area contributed by atoms with Crippen LogP contribution in [0.1, 0.15) is 35.7 Å². The Hall–Kier alpha value is -3.65. The zero-order chi connectivity index (χ0) is 23.4. The molecule has 0 spiro atoms. The van der Waals surface area contributed by atoms with Gasteiger partial charge in [0.05, 0.1) is 11.4 Å². The molecule has 1 aliphatic heterocycles. The van der Waals surface area contributed by atoms with Gasteiger partial charge in [-0.1, -0.05) is 30.3 Å². The maximum Gasteiger partial charge on any atom is 0.266 e. The average molecular weight is 464 g/mol. The van der Waals surface area contributed by atoms with Gasteiger partial charge in [0, 0.05) is 24.2 Å². The van der Waals surface area contributed by atoms with Crippen LogP contribution in [-0.4, -0.2) is 26.8 Å². The van der Waals surface area contributed by atoms with Gasteiger partial charge in [-0.3, -0.25) is 13.9 Å². The summed E-state index contributed by atoms with van der Waals surface area (Å²) in [5.41, 5.74) is 2.75. The Labute approximate surface area is 193 Å². The Bertz CT molecular complexity index is 1290. The van der Waals surface area contributed by atoms with Crippen molar-refractivity contribution in [2.45, 2.75) is 31.1 Å². The predicted octanol–water partition coefficient (Wildman–Crippen LogP) is 4.43. The molecule has 0 atom stereocenters. The van der Waals surface area contributed by atoms with Crippen molar-refractivity contribution in [3.63, 3.8) is 0 Å². The van der Waals surface area contributed by atoms with E-state index in [0.29, 0.717) is 36.2 Å². The first-order chi connectivity index (χ1) is 15.9. The third-order valence-electron chi connectivity index (χ3n) is 5.53. The molecule has 0 bridgehead atoms. The quantitative estimate of drug-likeness (QED) is 0.565. The molecule has 0 fully saturated rings. The summed E-state index contributed by atoms with van der Waals surface area (Å²) in [5, 5.41) is 5.61. The molecule has 0 saturated heterocycles. The van der Waals surface area contributed by atoms with Gasteiger partial charge in [-0.05, 0) is 67.8 Å². The lowest BCUT2D eigenvalue weighted by molar-refractivity contribution is -0.116. The smallest absolute Gasteiger partial charge is 0.266 e. The molecule has 1 heterocycles. The summed E-state index contributed by atoms with van der Waals surface area (Å²) in [5.74, 6) is -0.456. The van der Waals surface area contributed by atoms with Crippen molar-refractivity contribution in [3.05, 3.63) is 83.9 Å². The Morgan fingerprint density at radius 2 is 1.73 bits per heavy atom. The second-order valence-electron chi connectivity index (χ2n) is 7.73. The van der Waals surface area contributed by atoms with Gasteiger partial charge in [-0.15, -0.1) is 0 Å². The summed E-state index contributed by atoms with van der Waals surface area (Å²) < 4.78 is 28.3. The highest BCUT2D eigenvalue weighted by molar-refractivity contribution is 7.93. The van der Waals surface area contributed by atoms with Crippen LogP contribution in [0.15, 0.2) is 77.7 Å². The molecule has 0 radical (unpaired) electrons. The first-order valence-corrected chi connectivity index (χ1v) is 12.2. The molecule has 0 aromatic heterocycles. The monoisotopic (exact) mass is 463 g/mol. The predicted molar refractivity (Wildman–Crippen MR) is 129 cm³/mol. The van der Waals surface area contributed by atoms with Gasteiger partial charge in [0.2, 0.25) is 5.91 Å². The molecule has 33 heavy (non-hydrogen) atoms. The van der Waals surface area contributed by atoms with Crippen LogP contribution >= 0.6 is 0 Å². The molecule has 1 aliphatic rings. The van der Waals surface area contributed by atoms with Gasteiger partial charge >= 0.3 is 0 Å². The number of rotatable bonds is 6. The third kappa shape index (κ3) is 4.75. The molecule has 0 unspecified atom stereocenters. The number of carbonyl (C=O) groups excluding carboxylic acids is 2. The lowest BCUT2D eigenvalue weighted by atomic mass is 10.0. The van der Waals surface area contributed by atoms with Gasteiger partial charge < -0.3 is 10.6 Å². The zero-order valence-corrected chi connectivity index (χ0v) is 19.1. The van der Waals surface area contributed by atoms with Crippen molar-refractivity contribution in [1.82, 2.24) is 0 Å². The summed E-state index contributed by atoms with van der Waals surface area (Å²) in [6.07, 6.45) is 1.83. The summed E-state index contributed by atoms with van der Waals surface area (Å²) in [7, 11) is -3.92. The fourth-order valence-electron chi connectivity index (χ4n) is 3.91. The van der Waals surface area contributed by atoms with Gasteiger partial charge in [0.25, 0.3) is 15.9 Å². The van der Waals surface area contributed by atoms with E-state index in [4.69, 9.17) is 0 Å². The van der Waals surface area contributed by atoms with Crippen LogP contribution in [-0.2, 0) is 21.2 Å². The van der Waals surface area contributed by atoms with E-state index in [1.165, 1.54) is 10.4 Å². The first-order valence-electron chi connectivity index (χ1n) is 10.8. The summed E-state index contributed by atoms with van der Waals surface area (Å²) >= 11 is 0. The summed E-state index contributed by atoms with van der Waals surface area (Å²) in [6, 6.07) is 20.3. The van der Waals surface area contributed by atoms with Crippen LogP contribution in [0.4, 0.5) is 17.1 Å². The Balaban J connectivity index is 1.64. The largest absolute Gasteiger partial charge is 0.326 e. The lowest BCUT2D eigenvalue weighted by Crippen LogP contribution is -2.31. The van der Waals surface area contributed by atoms with Crippen LogP contribution in [0.3, 0.4) is 0 Å². The van der Waals surface area contributed by atoms with Crippen LogP contribution in [0, 0.1) is 0 Å². The Kier molecular flexibility index (Phi) is 6.46. The second kappa shape index (κ2) is 9.46. The maximum absolute atomic E-state index is 13.5. The number of nitrogens with one attached hydrogen (secondary N) is 2. The van der Waals surface area contributed by atoms with Crippen molar-refractivity contribution >= 4 is 38.9 Å². The number of carbonyl (C=O) groups is 2. The summed E-state index contributed by atoms with van der Waals surface area (Å²) in [4.78, 5) is 24.8. The molecule has 0 aliphatic carbocycles. The van der Waals surface area contributed by atoms with Crippen LogP contribution < -0.4 is 14.9 Å². The molecule has 8 heteroatoms. The number of hydrogen-bond acceptors (Lipinski definition) is 4. The molecular formula is C25H25N3O4S. The molecule has 7 nitrogen and oxygen atoms in total. The van der Waals surface area contributed by atoms with E-state index in [-0.39, 0.29) is 23.0 Å². The highest BCUT2D eigenvalue weighted by Crippen LogP contribution is 2.29. The Morgan fingerprint density at radius 3 is 2.48 bits per heavy atom. The van der Waals surface area contributed by atoms with E-state index in [2.05, 4.69) is 10.6 Å². The number of amides is 2. The number of nitrogens with zero attached hydrogens (tertiary/aromatic N) is 1. The molecule has 3 aromatic rings. The minimum atomic E-state index is -3.92. The molecule has 3 aromatic carbocycles. The number of benzene rings is 3. The SMILES string of the molecule is CCN(c1ccccc1)S(=O)(=O)c1ccccc1NC(=O)c1ccc2c(c1)CCCC(=O)N2. The molecular weight excluding hydrogens is 438 g/mol. The second-order valence-corrected chi connectivity index (χ2v) is 9.56. The number of aryl methyl sites for hydroxylation is 1. The van der Waals surface area contributed by atoms with Gasteiger partial charge in [-0.25, -0.2) is 8.42 Å². The lowest BCUT2D eigenvalue weighted by Gasteiger charge is -2.24. The van der Waals surface area contributed by atoms with E-state index in [0.717, 1.165) is 5.56 Å². The number of fused-ring (bicyclic) bond motifs is 1. The van der Waals surface area contributed by atoms with Crippen molar-refractivity contribution < 1.29 is 18.0 Å². The van der Waals surface area contributed by atoms with Crippen LogP contribution in [0.25, 0.3) is 0 Å². The van der Waals surface area contributed by atoms with E-state index in [1.54, 1.807) is 67.6 Å². The fraction of sp³-hybridized carbons (Fsp3) is 0.200. The topological polar surface area (TPSA) is 95.6 Å². The van der Waals surface area contributed by atoms with Crippen LogP contribution in [0.2, 0.25) is 0 Å². The van der Waals surface area contributed by atoms with Gasteiger partial charge in [-0.2, -0.15) is 0 Å². The van der Waals surface area contributed by atoms with E-state index < -0.39 is 15.9 Å². The van der Waals surface area contributed by atoms with Crippen molar-refractivity contribution in [2.24, 2.45) is 0 Å². The van der Waals surface area contributed by atoms with E-state index in [1.807, 2.05) is 6.07 Å². The molecule has 2 N–H and O–H groups in total. The molecule has 170 valence electrons. The van der Waals surface area contributed by atoms with Crippen molar-refractivity contribution in [1.29, 1.82) is 0 Å². The number of anilines is 3. The van der Waals surface area contributed by atoms with Crippen LogP contribution in [0.5, 0.6) is 0 Å². The normalized spacial score (nSPS) is 13.4. The average Bonchev–Trinajstić information content (AvgIpc) is 3.00. The van der Waals surface area contributed by atoms with Crippen molar-refractivity contribution in [3.8, 4) is 0 Å². The molecule has 0 saturated carbocycles. The standard InChI is InChI=1S/C25H25N3O4S/c1-2-28(20-10-4-3-5-11-20)33(31,32)23-13-7-6-12-22(23)27-25(30)19-15-16-21-18(17-19)9-8-14-24(29)26-21/h3-7,10-13,15-17H,2,8-9,14H2,1H3,(H,26,29)(H,27,30). The maximum atomic E-state index is 13.5. The minimum absolute atomic E-state index is 0.0195. The number of sulfonamides is 1. The number of hydrogen-bond donors (Lipinski definition) is 2. The zero-order valence-electron chi connectivity index (χ0n) is 18.2. The minimum Gasteiger partial charge on any atom is -0.326 e. The van der Waals surface area contributed by atoms with Crippen molar-refractivity contribution in [2.75, 3.05) is 21.5 Å². The highest BCUT2D eigenvalue weighted by Gasteiger charge is 2.27. The first kappa shape index (κ1) is 22.5. The highest BCUT2D eigenvalue weighted by atomic mass is 32.2. The molecule has 2 amide bonds. The van der Waals surface area contributed by atoms with Gasteiger partial charge in [0.15, 0.2) is 0 Å². The molecule has 4 rings (SSSR count). The van der Waals surface area contributed by atoms with Gasteiger partial charge in [0.1, 0.15) is 4.90 Å². The Morgan fingerprint density at radius 1 is 1.00 bits per heavy atom. The van der Waals surface area contributed by atoms with E-state index in [9.17, 15) is 18.0 Å². The third-order valence-corrected chi connectivity index (χ3v) is 7.49. The summed E-state index contributed by atoms with van der Waals surface area (Å²) in [6.45, 7) is 2.01.